The van der Waals surface area contributed by atoms with Gasteiger partial charge >= 0.3 is 0 Å². The third-order valence-corrected chi connectivity index (χ3v) is 1.58. The first-order chi connectivity index (χ1) is 5.65. The van der Waals surface area contributed by atoms with Crippen molar-refractivity contribution in [1.82, 2.24) is 4.98 Å². The van der Waals surface area contributed by atoms with Crippen molar-refractivity contribution in [2.45, 2.75) is 6.43 Å². The molecule has 0 bridgehead atoms. The summed E-state index contributed by atoms with van der Waals surface area (Å²) in [4.78, 5) is 13.5. The third-order valence-electron chi connectivity index (χ3n) is 1.25. The molecule has 0 aliphatic rings. The van der Waals surface area contributed by atoms with E-state index in [2.05, 4.69) is 4.98 Å². The number of rotatable bonds is 2. The number of hydrogen-bond acceptors (Lipinski definition) is 2. The molecule has 0 aromatic carbocycles. The molecule has 2 nitrogen and oxygen atoms in total. The van der Waals surface area contributed by atoms with Crippen LogP contribution in [-0.2, 0) is 0 Å². The van der Waals surface area contributed by atoms with Crippen molar-refractivity contribution in [2.75, 3.05) is 0 Å². The van der Waals surface area contributed by atoms with E-state index in [1.54, 1.807) is 0 Å². The number of carbonyl (C=O) groups is 1. The quantitative estimate of drug-likeness (QED) is 0.673. The van der Waals surface area contributed by atoms with Gasteiger partial charge in [-0.1, -0.05) is 11.6 Å². The van der Waals surface area contributed by atoms with E-state index >= 15 is 0 Å². The van der Waals surface area contributed by atoms with Gasteiger partial charge in [-0.2, -0.15) is 0 Å². The Hall–Kier alpha value is -1.03. The first-order valence-corrected chi connectivity index (χ1v) is 3.41. The molecule has 0 unspecified atom stereocenters. The highest BCUT2D eigenvalue weighted by Gasteiger charge is 2.10. The molecule has 1 aromatic heterocycles. The third kappa shape index (κ3) is 1.76. The SMILES string of the molecule is O=Cc1cnc(C(F)F)cc1Cl. The molecule has 0 amide bonds. The Kier molecular flexibility index (Phi) is 2.70. The molecule has 0 atom stereocenters. The fraction of sp³-hybridized carbons (Fsp3) is 0.143. The normalized spacial score (nSPS) is 10.3. The number of hydrogen-bond donors (Lipinski definition) is 0. The van der Waals surface area contributed by atoms with Crippen LogP contribution in [-0.4, -0.2) is 11.3 Å². The molecule has 0 saturated heterocycles. The van der Waals surface area contributed by atoms with E-state index in [0.29, 0.717) is 6.29 Å². The summed E-state index contributed by atoms with van der Waals surface area (Å²) >= 11 is 5.47. The zero-order valence-electron chi connectivity index (χ0n) is 5.80. The van der Waals surface area contributed by atoms with Crippen LogP contribution in [0.2, 0.25) is 5.02 Å². The summed E-state index contributed by atoms with van der Waals surface area (Å²) in [5.74, 6) is 0. The van der Waals surface area contributed by atoms with Gasteiger partial charge in [0, 0.05) is 6.20 Å². The van der Waals surface area contributed by atoms with Gasteiger partial charge in [0.25, 0.3) is 6.43 Å². The molecule has 0 aliphatic heterocycles. The number of aldehydes is 1. The van der Waals surface area contributed by atoms with Gasteiger partial charge in [0.2, 0.25) is 0 Å². The van der Waals surface area contributed by atoms with Crippen LogP contribution in [0.25, 0.3) is 0 Å². The highest BCUT2D eigenvalue weighted by Crippen LogP contribution is 2.21. The van der Waals surface area contributed by atoms with Crippen LogP contribution in [0.4, 0.5) is 8.78 Å². The van der Waals surface area contributed by atoms with Crippen molar-refractivity contribution in [3.8, 4) is 0 Å². The molecule has 0 aliphatic carbocycles. The van der Waals surface area contributed by atoms with Gasteiger partial charge in [0.1, 0.15) is 5.69 Å². The zero-order chi connectivity index (χ0) is 9.14. The van der Waals surface area contributed by atoms with Crippen LogP contribution in [0, 0.1) is 0 Å². The number of pyridine rings is 1. The maximum Gasteiger partial charge on any atom is 0.280 e. The lowest BCUT2D eigenvalue weighted by Crippen LogP contribution is -1.92. The molecule has 1 rings (SSSR count). The summed E-state index contributed by atoms with van der Waals surface area (Å²) in [7, 11) is 0. The van der Waals surface area contributed by atoms with E-state index in [-0.39, 0.29) is 10.6 Å². The summed E-state index contributed by atoms with van der Waals surface area (Å²) < 4.78 is 23.9. The Morgan fingerprint density at radius 1 is 1.58 bits per heavy atom. The van der Waals surface area contributed by atoms with Crippen molar-refractivity contribution < 1.29 is 13.6 Å². The lowest BCUT2D eigenvalue weighted by molar-refractivity contribution is 0.112. The van der Waals surface area contributed by atoms with E-state index < -0.39 is 12.1 Å². The van der Waals surface area contributed by atoms with E-state index in [1.807, 2.05) is 0 Å². The highest BCUT2D eigenvalue weighted by molar-refractivity contribution is 6.32. The molecule has 0 radical (unpaired) electrons. The first kappa shape index (κ1) is 9.06. The average molecular weight is 192 g/mol. The molecule has 64 valence electrons. The lowest BCUT2D eigenvalue weighted by atomic mass is 10.3. The number of halogens is 3. The van der Waals surface area contributed by atoms with Crippen LogP contribution in [0.3, 0.4) is 0 Å². The molecule has 0 fully saturated rings. The minimum absolute atomic E-state index is 0.00435. The molecule has 0 spiro atoms. The molecule has 5 heteroatoms. The largest absolute Gasteiger partial charge is 0.298 e. The van der Waals surface area contributed by atoms with E-state index in [1.165, 1.54) is 0 Å². The van der Waals surface area contributed by atoms with Gasteiger partial charge in [-0.3, -0.25) is 9.78 Å². The minimum Gasteiger partial charge on any atom is -0.298 e. The summed E-state index contributed by atoms with van der Waals surface area (Å²) in [6.45, 7) is 0. The van der Waals surface area contributed by atoms with Gasteiger partial charge in [0.15, 0.2) is 6.29 Å². The summed E-state index contributed by atoms with van der Waals surface area (Å²) in [5.41, 5.74) is -0.313. The van der Waals surface area contributed by atoms with Crippen molar-refractivity contribution in [3.05, 3.63) is 28.5 Å². The minimum atomic E-state index is -2.66. The summed E-state index contributed by atoms with van der Waals surface area (Å²) in [6.07, 6.45) is -1.18. The molecule has 0 N–H and O–H groups in total. The molecular formula is C7H4ClF2NO. The Morgan fingerprint density at radius 3 is 2.67 bits per heavy atom. The predicted molar refractivity (Wildman–Crippen MR) is 39.6 cm³/mol. The van der Waals surface area contributed by atoms with Gasteiger partial charge in [-0.25, -0.2) is 8.78 Å². The monoisotopic (exact) mass is 191 g/mol. The number of alkyl halides is 2. The highest BCUT2D eigenvalue weighted by atomic mass is 35.5. The number of carbonyl (C=O) groups excluding carboxylic acids is 1. The topological polar surface area (TPSA) is 30.0 Å². The second-order valence-electron chi connectivity index (χ2n) is 2.05. The van der Waals surface area contributed by atoms with Crippen LogP contribution in [0.15, 0.2) is 12.3 Å². The standard InChI is InChI=1S/C7H4ClF2NO/c8-5-1-6(7(9)10)11-2-4(5)3-12/h1-3,7H. The van der Waals surface area contributed by atoms with Crippen LogP contribution in [0.5, 0.6) is 0 Å². The van der Waals surface area contributed by atoms with E-state index in [0.717, 1.165) is 12.3 Å². The second kappa shape index (κ2) is 3.58. The van der Waals surface area contributed by atoms with Gasteiger partial charge in [0.05, 0.1) is 10.6 Å². The zero-order valence-corrected chi connectivity index (χ0v) is 6.55. The van der Waals surface area contributed by atoms with Gasteiger partial charge in [-0.05, 0) is 6.07 Å². The summed E-state index contributed by atoms with van der Waals surface area (Å²) in [5, 5.41) is -0.00435. The summed E-state index contributed by atoms with van der Waals surface area (Å²) in [6, 6.07) is 0.982. The Bertz CT molecular complexity index is 303. The van der Waals surface area contributed by atoms with Crippen LogP contribution in [0.1, 0.15) is 22.5 Å². The van der Waals surface area contributed by atoms with Crippen LogP contribution < -0.4 is 0 Å². The molecular weight excluding hydrogens is 188 g/mol. The van der Waals surface area contributed by atoms with Gasteiger partial charge in [-0.15, -0.1) is 0 Å². The van der Waals surface area contributed by atoms with Crippen molar-refractivity contribution in [3.63, 3.8) is 0 Å². The second-order valence-corrected chi connectivity index (χ2v) is 2.46. The van der Waals surface area contributed by atoms with Gasteiger partial charge < -0.3 is 0 Å². The number of nitrogens with zero attached hydrogens (tertiary/aromatic N) is 1. The maximum atomic E-state index is 12.0. The molecule has 1 aromatic rings. The van der Waals surface area contributed by atoms with Crippen molar-refractivity contribution >= 4 is 17.9 Å². The fourth-order valence-corrected chi connectivity index (χ4v) is 0.867. The van der Waals surface area contributed by atoms with Crippen molar-refractivity contribution in [2.24, 2.45) is 0 Å². The molecule has 12 heavy (non-hydrogen) atoms. The van der Waals surface area contributed by atoms with E-state index in [4.69, 9.17) is 11.6 Å². The maximum absolute atomic E-state index is 12.0. The first-order valence-electron chi connectivity index (χ1n) is 3.04. The average Bonchev–Trinajstić information content (AvgIpc) is 2.04. The molecule has 0 saturated carbocycles. The Morgan fingerprint density at radius 2 is 2.25 bits per heavy atom. The Labute approximate surface area is 72.2 Å². The smallest absolute Gasteiger partial charge is 0.280 e. The van der Waals surface area contributed by atoms with Crippen LogP contribution >= 0.6 is 11.6 Å². The molecule has 1 heterocycles. The van der Waals surface area contributed by atoms with E-state index in [9.17, 15) is 13.6 Å². The lowest BCUT2D eigenvalue weighted by Gasteiger charge is -1.99. The van der Waals surface area contributed by atoms with Crippen molar-refractivity contribution in [1.29, 1.82) is 0 Å². The number of aromatic nitrogens is 1. The fourth-order valence-electron chi connectivity index (χ4n) is 0.662. The Balaban J connectivity index is 3.10. The predicted octanol–water partition coefficient (Wildman–Crippen LogP) is 2.49.